The molecule has 2 N–H and O–H groups in total. The molecule has 0 heterocycles. The number of quaternary nitrogens is 1. The van der Waals surface area contributed by atoms with Crippen molar-refractivity contribution in [2.24, 2.45) is 0 Å². The van der Waals surface area contributed by atoms with Crippen molar-refractivity contribution in [2.45, 2.75) is 392 Å². The van der Waals surface area contributed by atoms with E-state index in [0.717, 1.165) is 44.9 Å². The van der Waals surface area contributed by atoms with E-state index in [1.165, 1.54) is 315 Å². The van der Waals surface area contributed by atoms with Gasteiger partial charge in [-0.3, -0.25) is 9.36 Å². The number of rotatable bonds is 69. The Morgan fingerprint density at radius 1 is 0.422 bits per heavy atom. The predicted octanol–water partition coefficient (Wildman–Crippen LogP) is 23.0. The number of phosphoric ester groups is 1. The number of amides is 1. The van der Waals surface area contributed by atoms with Crippen molar-refractivity contribution < 1.29 is 32.9 Å². The molecule has 8 nitrogen and oxygen atoms in total. The van der Waals surface area contributed by atoms with E-state index in [1.54, 1.807) is 6.08 Å². The summed E-state index contributed by atoms with van der Waals surface area (Å²) in [5.74, 6) is -0.191. The minimum Gasteiger partial charge on any atom is -0.756 e. The van der Waals surface area contributed by atoms with E-state index < -0.39 is 20.0 Å². The van der Waals surface area contributed by atoms with Gasteiger partial charge in [-0.25, -0.2) is 0 Å². The molecule has 3 unspecified atom stereocenters. The van der Waals surface area contributed by atoms with Crippen molar-refractivity contribution in [1.82, 2.24) is 5.32 Å². The number of hydrogen-bond acceptors (Lipinski definition) is 6. The summed E-state index contributed by atoms with van der Waals surface area (Å²) in [7, 11) is 1.28. The van der Waals surface area contributed by atoms with Crippen molar-refractivity contribution in [3.8, 4) is 0 Å². The summed E-state index contributed by atoms with van der Waals surface area (Å²) in [5.41, 5.74) is 0. The Hall–Kier alpha value is -1.28. The molecular formula is C74H145N2O6P. The maximum atomic E-state index is 13.0. The van der Waals surface area contributed by atoms with Gasteiger partial charge in [-0.2, -0.15) is 0 Å². The number of unbranched alkanes of at least 4 members (excludes halogenated alkanes) is 52. The van der Waals surface area contributed by atoms with Gasteiger partial charge in [0, 0.05) is 6.42 Å². The van der Waals surface area contributed by atoms with Crippen LogP contribution in [0, 0.1) is 0 Å². The first kappa shape index (κ1) is 81.7. The Morgan fingerprint density at radius 3 is 1.00 bits per heavy atom. The third-order valence-corrected chi connectivity index (χ3v) is 18.1. The molecule has 0 saturated carbocycles. The molecule has 0 saturated heterocycles. The van der Waals surface area contributed by atoms with Crippen LogP contribution in [0.15, 0.2) is 36.5 Å². The van der Waals surface area contributed by atoms with Gasteiger partial charge in [0.25, 0.3) is 7.82 Å². The van der Waals surface area contributed by atoms with Crippen LogP contribution in [-0.4, -0.2) is 68.5 Å². The maximum absolute atomic E-state index is 13.0. The average molecular weight is 1190 g/mol. The zero-order chi connectivity index (χ0) is 60.5. The molecule has 492 valence electrons. The lowest BCUT2D eigenvalue weighted by Crippen LogP contribution is -2.45. The summed E-state index contributed by atoms with van der Waals surface area (Å²) in [6.07, 6.45) is 87.2. The lowest BCUT2D eigenvalue weighted by atomic mass is 10.0. The first-order valence-corrected chi connectivity index (χ1v) is 38.3. The summed E-state index contributed by atoms with van der Waals surface area (Å²) >= 11 is 0. The second-order valence-electron chi connectivity index (χ2n) is 26.7. The van der Waals surface area contributed by atoms with E-state index in [-0.39, 0.29) is 19.1 Å². The van der Waals surface area contributed by atoms with Gasteiger partial charge >= 0.3 is 0 Å². The number of phosphoric acid groups is 1. The largest absolute Gasteiger partial charge is 0.756 e. The highest BCUT2D eigenvalue weighted by Crippen LogP contribution is 2.38. The van der Waals surface area contributed by atoms with Crippen LogP contribution in [0.2, 0.25) is 0 Å². The molecule has 0 aliphatic rings. The summed E-state index contributed by atoms with van der Waals surface area (Å²) < 4.78 is 23.5. The third kappa shape index (κ3) is 68.1. The summed E-state index contributed by atoms with van der Waals surface area (Å²) in [6.45, 7) is 4.71. The molecule has 0 aliphatic carbocycles. The van der Waals surface area contributed by atoms with Crippen LogP contribution >= 0.6 is 7.82 Å². The Kier molecular flexibility index (Phi) is 64.2. The fourth-order valence-corrected chi connectivity index (χ4v) is 12.1. The van der Waals surface area contributed by atoms with Crippen LogP contribution in [-0.2, 0) is 18.4 Å². The van der Waals surface area contributed by atoms with Crippen molar-refractivity contribution in [2.75, 3.05) is 40.9 Å². The quantitative estimate of drug-likeness (QED) is 0.0272. The Balaban J connectivity index is 3.96. The fraction of sp³-hybridized carbons (Fsp3) is 0.905. The normalized spacial score (nSPS) is 13.8. The molecule has 3 atom stereocenters. The number of aliphatic hydroxyl groups excluding tert-OH is 1. The van der Waals surface area contributed by atoms with E-state index in [0.29, 0.717) is 17.4 Å². The number of nitrogens with one attached hydrogen (secondary N) is 1. The average Bonchev–Trinajstić information content (AvgIpc) is 3.50. The second kappa shape index (κ2) is 65.2. The van der Waals surface area contributed by atoms with Crippen LogP contribution in [0.4, 0.5) is 0 Å². The van der Waals surface area contributed by atoms with Crippen LogP contribution < -0.4 is 10.2 Å². The standard InChI is InChI=1S/C74H145N2O6P/c1-6-8-10-12-14-16-18-20-22-24-26-28-30-31-32-33-34-35-36-37-38-39-40-41-42-43-44-45-46-48-50-52-54-56-58-60-62-64-66-68-74(78)75-72(71-82-83(79,80)81-70-69-76(3,4)5)73(77)67-65-63-61-59-57-55-53-51-49-47-29-27-25-23-21-19-17-15-13-11-9-7-2/h34-35,37-38,65,67,72-73,77H,6-33,36,39-64,66,68-71H2,1-5H3,(H-,75,78,79,80)/b35-34-,38-37-,67-65+. The molecular weight excluding hydrogens is 1040 g/mol. The van der Waals surface area contributed by atoms with Crippen molar-refractivity contribution in [3.63, 3.8) is 0 Å². The molecule has 9 heteroatoms. The van der Waals surface area contributed by atoms with Gasteiger partial charge in [0.2, 0.25) is 5.91 Å². The predicted molar refractivity (Wildman–Crippen MR) is 362 cm³/mol. The number of carbonyl (C=O) groups excluding carboxylic acids is 1. The van der Waals surface area contributed by atoms with Gasteiger partial charge in [0.05, 0.1) is 39.9 Å². The van der Waals surface area contributed by atoms with Crippen molar-refractivity contribution in [1.29, 1.82) is 0 Å². The smallest absolute Gasteiger partial charge is 0.268 e. The fourth-order valence-electron chi connectivity index (χ4n) is 11.4. The summed E-state index contributed by atoms with van der Waals surface area (Å²) in [6, 6.07) is -0.887. The number of nitrogens with zero attached hydrogens (tertiary/aromatic N) is 1. The molecule has 83 heavy (non-hydrogen) atoms. The van der Waals surface area contributed by atoms with E-state index in [2.05, 4.69) is 43.5 Å². The first-order valence-electron chi connectivity index (χ1n) is 36.9. The molecule has 0 aromatic rings. The topological polar surface area (TPSA) is 108 Å². The maximum Gasteiger partial charge on any atom is 0.268 e. The molecule has 0 rings (SSSR count). The molecule has 0 aromatic carbocycles. The monoisotopic (exact) mass is 1190 g/mol. The number of aliphatic hydroxyl groups is 1. The molecule has 0 radical (unpaired) electrons. The van der Waals surface area contributed by atoms with E-state index in [4.69, 9.17) is 9.05 Å². The lowest BCUT2D eigenvalue weighted by molar-refractivity contribution is -0.870. The molecule has 0 aliphatic heterocycles. The zero-order valence-corrected chi connectivity index (χ0v) is 57.3. The Morgan fingerprint density at radius 2 is 0.699 bits per heavy atom. The molecule has 0 bridgehead atoms. The van der Waals surface area contributed by atoms with E-state index in [1.807, 2.05) is 27.2 Å². The third-order valence-electron chi connectivity index (χ3n) is 17.1. The number of likely N-dealkylation sites (N-methyl/N-ethyl adjacent to an activating group) is 1. The van der Waals surface area contributed by atoms with E-state index >= 15 is 0 Å². The minimum atomic E-state index is -4.60. The Labute approximate surface area is 518 Å². The van der Waals surface area contributed by atoms with Crippen molar-refractivity contribution >= 4 is 13.7 Å². The van der Waals surface area contributed by atoms with Crippen molar-refractivity contribution in [3.05, 3.63) is 36.5 Å². The highest BCUT2D eigenvalue weighted by Gasteiger charge is 2.23. The lowest BCUT2D eigenvalue weighted by Gasteiger charge is -2.29. The number of hydrogen-bond donors (Lipinski definition) is 2. The van der Waals surface area contributed by atoms with Crippen LogP contribution in [0.3, 0.4) is 0 Å². The van der Waals surface area contributed by atoms with Crippen LogP contribution in [0.1, 0.15) is 380 Å². The minimum absolute atomic E-state index is 0.000761. The Bertz CT molecular complexity index is 1450. The van der Waals surface area contributed by atoms with Gasteiger partial charge in [-0.1, -0.05) is 359 Å². The molecule has 1 amide bonds. The van der Waals surface area contributed by atoms with Gasteiger partial charge < -0.3 is 28.8 Å². The van der Waals surface area contributed by atoms with Gasteiger partial charge in [-0.05, 0) is 51.4 Å². The SMILES string of the molecule is CCCCCCCCCCCCCCCCC/C=C\C/C=C\CCCCCCCCCCCCCCCCCCCC(=O)NC(COP(=O)([O-])OCC[N+](C)(C)C)C(O)/C=C/CCCCCCCCCCCCCCCCCCCCCC. The summed E-state index contributed by atoms with van der Waals surface area (Å²) in [4.78, 5) is 25.6. The van der Waals surface area contributed by atoms with Crippen LogP contribution in [0.5, 0.6) is 0 Å². The zero-order valence-electron chi connectivity index (χ0n) is 56.4. The molecule has 0 spiro atoms. The van der Waals surface area contributed by atoms with Gasteiger partial charge in [0.15, 0.2) is 0 Å². The highest BCUT2D eigenvalue weighted by atomic mass is 31.2. The van der Waals surface area contributed by atoms with E-state index in [9.17, 15) is 19.4 Å². The molecule has 0 fully saturated rings. The molecule has 0 aromatic heterocycles. The highest BCUT2D eigenvalue weighted by molar-refractivity contribution is 7.45. The van der Waals surface area contributed by atoms with Crippen LogP contribution in [0.25, 0.3) is 0 Å². The summed E-state index contributed by atoms with van der Waals surface area (Å²) in [5, 5.41) is 14.0. The van der Waals surface area contributed by atoms with Gasteiger partial charge in [0.1, 0.15) is 13.2 Å². The number of allylic oxidation sites excluding steroid dienone is 5. The second-order valence-corrected chi connectivity index (χ2v) is 28.1. The number of carbonyl (C=O) groups is 1. The van der Waals surface area contributed by atoms with Gasteiger partial charge in [-0.15, -0.1) is 0 Å². The first-order chi connectivity index (χ1) is 40.5.